The fourth-order valence-electron chi connectivity index (χ4n) is 3.41. The SMILES string of the molecule is Cc1cc(C)cc(NC(=O)c2ccc3oc(=O)c(S(=O)(=O)c4ccccc4)cc3c2)c1. The molecule has 0 atom stereocenters. The topological polar surface area (TPSA) is 93.4 Å². The molecule has 3 aromatic carbocycles. The number of hydrogen-bond acceptors (Lipinski definition) is 5. The number of carbonyl (C=O) groups excluding carboxylic acids is 1. The van der Waals surface area contributed by atoms with Gasteiger partial charge in [0, 0.05) is 16.6 Å². The van der Waals surface area contributed by atoms with Crippen LogP contribution < -0.4 is 10.9 Å². The lowest BCUT2D eigenvalue weighted by molar-refractivity contribution is 0.102. The molecule has 1 aromatic heterocycles. The van der Waals surface area contributed by atoms with E-state index in [2.05, 4.69) is 5.32 Å². The van der Waals surface area contributed by atoms with E-state index in [1.54, 1.807) is 18.2 Å². The van der Waals surface area contributed by atoms with Gasteiger partial charge in [0.05, 0.1) is 4.90 Å². The second-order valence-corrected chi connectivity index (χ2v) is 9.22. The summed E-state index contributed by atoms with van der Waals surface area (Å²) in [6.07, 6.45) is 0. The maximum Gasteiger partial charge on any atom is 0.355 e. The molecule has 31 heavy (non-hydrogen) atoms. The van der Waals surface area contributed by atoms with Crippen LogP contribution in [0, 0.1) is 13.8 Å². The lowest BCUT2D eigenvalue weighted by Gasteiger charge is -2.09. The summed E-state index contributed by atoms with van der Waals surface area (Å²) < 4.78 is 31.0. The van der Waals surface area contributed by atoms with Crippen molar-refractivity contribution < 1.29 is 17.6 Å². The van der Waals surface area contributed by atoms with Gasteiger partial charge in [0.25, 0.3) is 5.91 Å². The zero-order valence-corrected chi connectivity index (χ0v) is 17.7. The number of amides is 1. The van der Waals surface area contributed by atoms with Crippen molar-refractivity contribution in [3.8, 4) is 0 Å². The van der Waals surface area contributed by atoms with E-state index in [9.17, 15) is 18.0 Å². The predicted octanol–water partition coefficient (Wildman–Crippen LogP) is 4.49. The van der Waals surface area contributed by atoms with Gasteiger partial charge in [-0.2, -0.15) is 0 Å². The van der Waals surface area contributed by atoms with E-state index in [1.807, 2.05) is 32.0 Å². The van der Waals surface area contributed by atoms with Gasteiger partial charge >= 0.3 is 5.63 Å². The Morgan fingerprint density at radius 3 is 2.23 bits per heavy atom. The monoisotopic (exact) mass is 433 g/mol. The third-order valence-electron chi connectivity index (χ3n) is 4.78. The molecule has 1 N–H and O–H groups in total. The summed E-state index contributed by atoms with van der Waals surface area (Å²) in [5, 5.41) is 3.17. The Labute approximate surface area is 179 Å². The fraction of sp³-hybridized carbons (Fsp3) is 0.0833. The van der Waals surface area contributed by atoms with E-state index >= 15 is 0 Å². The number of benzene rings is 3. The standard InChI is InChI=1S/C24H19NO5S/c1-15-10-16(2)12-19(11-15)25-23(26)17-8-9-21-18(13-17)14-22(24(27)30-21)31(28,29)20-6-4-3-5-7-20/h3-14H,1-2H3,(H,25,26). The molecule has 0 aliphatic carbocycles. The minimum atomic E-state index is -4.06. The van der Waals surface area contributed by atoms with Gasteiger partial charge in [-0.25, -0.2) is 13.2 Å². The quantitative estimate of drug-likeness (QED) is 0.479. The van der Waals surface area contributed by atoms with Crippen LogP contribution in [0.5, 0.6) is 0 Å². The predicted molar refractivity (Wildman–Crippen MR) is 118 cm³/mol. The van der Waals surface area contributed by atoms with E-state index in [0.29, 0.717) is 16.6 Å². The molecular formula is C24H19NO5S. The Morgan fingerprint density at radius 2 is 1.55 bits per heavy atom. The molecule has 1 heterocycles. The normalized spacial score (nSPS) is 11.4. The van der Waals surface area contributed by atoms with E-state index in [4.69, 9.17) is 4.42 Å². The number of hydrogen-bond donors (Lipinski definition) is 1. The molecule has 4 rings (SSSR count). The third-order valence-corrected chi connectivity index (χ3v) is 6.54. The highest BCUT2D eigenvalue weighted by molar-refractivity contribution is 7.91. The van der Waals surface area contributed by atoms with Gasteiger partial charge in [0.15, 0.2) is 4.90 Å². The Morgan fingerprint density at radius 1 is 0.871 bits per heavy atom. The van der Waals surface area contributed by atoms with Crippen LogP contribution in [0.25, 0.3) is 11.0 Å². The van der Waals surface area contributed by atoms with Gasteiger partial charge in [-0.15, -0.1) is 0 Å². The van der Waals surface area contributed by atoms with Crippen molar-refractivity contribution in [3.05, 3.63) is 99.9 Å². The molecule has 1 amide bonds. The molecule has 0 aliphatic heterocycles. The largest absolute Gasteiger partial charge is 0.422 e. The molecule has 0 unspecified atom stereocenters. The van der Waals surface area contributed by atoms with Crippen LogP contribution in [-0.4, -0.2) is 14.3 Å². The van der Waals surface area contributed by atoms with Crippen molar-refractivity contribution in [3.63, 3.8) is 0 Å². The first kappa shape index (κ1) is 20.6. The fourth-order valence-corrected chi connectivity index (χ4v) is 4.72. The smallest absolute Gasteiger partial charge is 0.355 e. The second kappa shape index (κ2) is 7.85. The second-order valence-electron chi connectivity index (χ2n) is 7.30. The highest BCUT2D eigenvalue weighted by Gasteiger charge is 2.23. The molecule has 0 aliphatic rings. The summed E-state index contributed by atoms with van der Waals surface area (Å²) in [4.78, 5) is 24.6. The molecule has 0 fully saturated rings. The van der Waals surface area contributed by atoms with E-state index in [-0.39, 0.29) is 16.4 Å². The van der Waals surface area contributed by atoms with E-state index in [0.717, 1.165) is 11.1 Å². The van der Waals surface area contributed by atoms with Crippen LogP contribution in [0.1, 0.15) is 21.5 Å². The molecule has 7 heteroatoms. The lowest BCUT2D eigenvalue weighted by Crippen LogP contribution is -2.15. The average molecular weight is 433 g/mol. The summed E-state index contributed by atoms with van der Waals surface area (Å²) in [5.74, 6) is -0.356. The molecule has 0 saturated carbocycles. The number of carbonyl (C=O) groups is 1. The number of fused-ring (bicyclic) bond motifs is 1. The van der Waals surface area contributed by atoms with Gasteiger partial charge in [0.1, 0.15) is 5.58 Å². The van der Waals surface area contributed by atoms with Crippen LogP contribution in [0.15, 0.2) is 91.8 Å². The summed E-state index contributed by atoms with van der Waals surface area (Å²) >= 11 is 0. The van der Waals surface area contributed by atoms with Crippen molar-refractivity contribution in [2.24, 2.45) is 0 Å². The van der Waals surface area contributed by atoms with Gasteiger partial charge in [-0.3, -0.25) is 4.79 Å². The molecule has 6 nitrogen and oxygen atoms in total. The maximum atomic E-state index is 12.9. The minimum Gasteiger partial charge on any atom is -0.422 e. The highest BCUT2D eigenvalue weighted by Crippen LogP contribution is 2.23. The van der Waals surface area contributed by atoms with Crippen LogP contribution in [0.4, 0.5) is 5.69 Å². The Bertz CT molecular complexity index is 1450. The molecule has 0 radical (unpaired) electrons. The Kier molecular flexibility index (Phi) is 5.20. The average Bonchev–Trinajstić information content (AvgIpc) is 2.72. The van der Waals surface area contributed by atoms with Crippen molar-refractivity contribution in [2.75, 3.05) is 5.32 Å². The van der Waals surface area contributed by atoms with Crippen molar-refractivity contribution >= 4 is 32.4 Å². The number of anilines is 1. The summed E-state index contributed by atoms with van der Waals surface area (Å²) in [7, 11) is -4.06. The molecule has 0 saturated heterocycles. The zero-order valence-electron chi connectivity index (χ0n) is 16.9. The number of nitrogens with one attached hydrogen (secondary N) is 1. The molecule has 0 bridgehead atoms. The van der Waals surface area contributed by atoms with Crippen molar-refractivity contribution in [1.82, 2.24) is 0 Å². The number of sulfone groups is 1. The van der Waals surface area contributed by atoms with Gasteiger partial charge < -0.3 is 9.73 Å². The van der Waals surface area contributed by atoms with Crippen LogP contribution in [0.3, 0.4) is 0 Å². The van der Waals surface area contributed by atoms with Crippen molar-refractivity contribution in [1.29, 1.82) is 0 Å². The van der Waals surface area contributed by atoms with Gasteiger partial charge in [-0.05, 0) is 73.5 Å². The van der Waals surface area contributed by atoms with Crippen LogP contribution in [-0.2, 0) is 9.84 Å². The molecular weight excluding hydrogens is 414 g/mol. The Balaban J connectivity index is 1.74. The van der Waals surface area contributed by atoms with Gasteiger partial charge in [-0.1, -0.05) is 24.3 Å². The summed E-state index contributed by atoms with van der Waals surface area (Å²) in [5.41, 5.74) is 2.25. The summed E-state index contributed by atoms with van der Waals surface area (Å²) in [6, 6.07) is 19.1. The van der Waals surface area contributed by atoms with E-state index < -0.39 is 20.4 Å². The van der Waals surface area contributed by atoms with E-state index in [1.165, 1.54) is 36.4 Å². The molecule has 0 spiro atoms. The van der Waals surface area contributed by atoms with Crippen LogP contribution >= 0.6 is 0 Å². The number of rotatable bonds is 4. The first-order valence-electron chi connectivity index (χ1n) is 9.52. The molecule has 156 valence electrons. The first-order chi connectivity index (χ1) is 14.7. The zero-order chi connectivity index (χ0) is 22.2. The van der Waals surface area contributed by atoms with Gasteiger partial charge in [0.2, 0.25) is 9.84 Å². The molecule has 4 aromatic rings. The highest BCUT2D eigenvalue weighted by atomic mass is 32.2. The minimum absolute atomic E-state index is 0.00892. The third kappa shape index (κ3) is 4.13. The first-order valence-corrected chi connectivity index (χ1v) is 11.0. The lowest BCUT2D eigenvalue weighted by atomic mass is 10.1. The Hall–Kier alpha value is -3.71. The summed E-state index contributed by atoms with van der Waals surface area (Å²) in [6.45, 7) is 3.88. The van der Waals surface area contributed by atoms with Crippen molar-refractivity contribution in [2.45, 2.75) is 23.6 Å². The number of aryl methyl sites for hydroxylation is 2. The van der Waals surface area contributed by atoms with Crippen LogP contribution in [0.2, 0.25) is 0 Å². The maximum absolute atomic E-state index is 12.9.